The largest absolute Gasteiger partial charge is 0.392 e. The molecule has 0 saturated carbocycles. The summed E-state index contributed by atoms with van der Waals surface area (Å²) < 4.78 is 13.8. The van der Waals surface area contributed by atoms with Crippen LogP contribution in [0, 0.1) is 5.82 Å². The van der Waals surface area contributed by atoms with E-state index in [1.807, 2.05) is 30.1 Å². The fourth-order valence-electron chi connectivity index (χ4n) is 2.00. The van der Waals surface area contributed by atoms with Crippen molar-refractivity contribution in [3.8, 4) is 0 Å². The molecule has 0 aromatic heterocycles. The third-order valence-corrected chi connectivity index (χ3v) is 3.45. The molecule has 0 spiro atoms. The first-order chi connectivity index (χ1) is 9.10. The summed E-state index contributed by atoms with van der Waals surface area (Å²) in [6.45, 7) is 0.650. The van der Waals surface area contributed by atoms with Gasteiger partial charge in [-0.05, 0) is 35.9 Å². The molecule has 0 atom stereocenters. The van der Waals surface area contributed by atoms with Crippen LogP contribution < -0.4 is 4.90 Å². The zero-order valence-electron chi connectivity index (χ0n) is 10.6. The Hall–Kier alpha value is -1.39. The number of hydrogen-bond donors (Lipinski definition) is 1. The van der Waals surface area contributed by atoms with Crippen molar-refractivity contribution in [1.82, 2.24) is 0 Å². The second-order valence-electron chi connectivity index (χ2n) is 4.41. The number of rotatable bonds is 4. The second kappa shape index (κ2) is 6.17. The maximum atomic E-state index is 12.9. The van der Waals surface area contributed by atoms with Crippen LogP contribution in [0.5, 0.6) is 0 Å². The van der Waals surface area contributed by atoms with E-state index in [2.05, 4.69) is 15.9 Å². The first kappa shape index (κ1) is 14.0. The highest BCUT2D eigenvalue weighted by Crippen LogP contribution is 2.25. The molecule has 2 rings (SSSR count). The molecule has 1 N–H and O–H groups in total. The molecule has 2 nitrogen and oxygen atoms in total. The monoisotopic (exact) mass is 323 g/mol. The van der Waals surface area contributed by atoms with Crippen LogP contribution in [0.2, 0.25) is 0 Å². The SMILES string of the molecule is CN(Cc1ccc(F)cc1)c1ccc(Br)cc1CO. The standard InChI is InChI=1S/C15H15BrFNO/c1-18(9-11-2-5-14(17)6-3-11)15-7-4-13(16)8-12(15)10-19/h2-8,19H,9-10H2,1H3. The lowest BCUT2D eigenvalue weighted by Crippen LogP contribution is -2.18. The molecule has 19 heavy (non-hydrogen) atoms. The predicted octanol–water partition coefficient (Wildman–Crippen LogP) is 3.72. The molecule has 0 unspecified atom stereocenters. The molecule has 0 heterocycles. The topological polar surface area (TPSA) is 23.5 Å². The maximum absolute atomic E-state index is 12.9. The summed E-state index contributed by atoms with van der Waals surface area (Å²) in [6, 6.07) is 12.2. The van der Waals surface area contributed by atoms with E-state index < -0.39 is 0 Å². The Bertz CT molecular complexity index is 557. The van der Waals surface area contributed by atoms with E-state index in [-0.39, 0.29) is 12.4 Å². The fourth-order valence-corrected chi connectivity index (χ4v) is 2.41. The van der Waals surface area contributed by atoms with Crippen LogP contribution in [0.4, 0.5) is 10.1 Å². The van der Waals surface area contributed by atoms with Crippen molar-refractivity contribution in [2.24, 2.45) is 0 Å². The number of halogens is 2. The van der Waals surface area contributed by atoms with Crippen molar-refractivity contribution in [2.45, 2.75) is 13.2 Å². The Balaban J connectivity index is 2.19. The van der Waals surface area contributed by atoms with E-state index in [1.54, 1.807) is 12.1 Å². The molecule has 0 amide bonds. The van der Waals surface area contributed by atoms with Crippen LogP contribution in [0.1, 0.15) is 11.1 Å². The molecule has 0 aliphatic heterocycles. The summed E-state index contributed by atoms with van der Waals surface area (Å²) in [5, 5.41) is 9.40. The summed E-state index contributed by atoms with van der Waals surface area (Å²) in [6.07, 6.45) is 0. The zero-order chi connectivity index (χ0) is 13.8. The van der Waals surface area contributed by atoms with Gasteiger partial charge in [-0.15, -0.1) is 0 Å². The zero-order valence-corrected chi connectivity index (χ0v) is 12.2. The van der Waals surface area contributed by atoms with E-state index in [4.69, 9.17) is 0 Å². The lowest BCUT2D eigenvalue weighted by molar-refractivity contribution is 0.282. The smallest absolute Gasteiger partial charge is 0.123 e. The quantitative estimate of drug-likeness (QED) is 0.927. The van der Waals surface area contributed by atoms with Gasteiger partial charge in [-0.2, -0.15) is 0 Å². The predicted molar refractivity (Wildman–Crippen MR) is 78.6 cm³/mol. The van der Waals surface area contributed by atoms with Gasteiger partial charge in [0.15, 0.2) is 0 Å². The maximum Gasteiger partial charge on any atom is 0.123 e. The van der Waals surface area contributed by atoms with Crippen LogP contribution in [0.25, 0.3) is 0 Å². The van der Waals surface area contributed by atoms with Crippen molar-refractivity contribution in [2.75, 3.05) is 11.9 Å². The number of nitrogens with zero attached hydrogens (tertiary/aromatic N) is 1. The molecule has 0 aliphatic rings. The van der Waals surface area contributed by atoms with Crippen molar-refractivity contribution in [1.29, 1.82) is 0 Å². The average Bonchev–Trinajstić information content (AvgIpc) is 2.41. The van der Waals surface area contributed by atoms with E-state index >= 15 is 0 Å². The van der Waals surface area contributed by atoms with Gasteiger partial charge in [0.2, 0.25) is 0 Å². The van der Waals surface area contributed by atoms with E-state index in [0.29, 0.717) is 6.54 Å². The lowest BCUT2D eigenvalue weighted by Gasteiger charge is -2.22. The Morgan fingerprint density at radius 3 is 2.47 bits per heavy atom. The number of benzene rings is 2. The molecular formula is C15H15BrFNO. The molecule has 0 aliphatic carbocycles. The molecule has 0 saturated heterocycles. The Labute approximate surface area is 120 Å². The van der Waals surface area contributed by atoms with Gasteiger partial charge < -0.3 is 10.0 Å². The van der Waals surface area contributed by atoms with Gasteiger partial charge in [-0.3, -0.25) is 0 Å². The van der Waals surface area contributed by atoms with Crippen molar-refractivity contribution in [3.05, 3.63) is 63.9 Å². The first-order valence-corrected chi connectivity index (χ1v) is 6.74. The molecule has 4 heteroatoms. The molecule has 2 aromatic carbocycles. The molecule has 0 bridgehead atoms. The van der Waals surface area contributed by atoms with Crippen LogP contribution in [0.15, 0.2) is 46.9 Å². The van der Waals surface area contributed by atoms with Crippen molar-refractivity contribution < 1.29 is 9.50 Å². The highest BCUT2D eigenvalue weighted by molar-refractivity contribution is 9.10. The van der Waals surface area contributed by atoms with Crippen LogP contribution in [-0.2, 0) is 13.2 Å². The van der Waals surface area contributed by atoms with Gasteiger partial charge in [0, 0.05) is 29.3 Å². The summed E-state index contributed by atoms with van der Waals surface area (Å²) >= 11 is 3.39. The third-order valence-electron chi connectivity index (χ3n) is 2.96. The Morgan fingerprint density at radius 1 is 1.16 bits per heavy atom. The van der Waals surface area contributed by atoms with Gasteiger partial charge in [-0.1, -0.05) is 28.1 Å². The Morgan fingerprint density at radius 2 is 1.84 bits per heavy atom. The van der Waals surface area contributed by atoms with Gasteiger partial charge in [0.1, 0.15) is 5.82 Å². The highest BCUT2D eigenvalue weighted by atomic mass is 79.9. The number of aliphatic hydroxyl groups excluding tert-OH is 1. The fraction of sp³-hybridized carbons (Fsp3) is 0.200. The summed E-state index contributed by atoms with van der Waals surface area (Å²) in [4.78, 5) is 2.03. The number of anilines is 1. The van der Waals surface area contributed by atoms with E-state index in [9.17, 15) is 9.50 Å². The summed E-state index contributed by atoms with van der Waals surface area (Å²) in [5.41, 5.74) is 2.85. The Kier molecular flexibility index (Phi) is 4.56. The van der Waals surface area contributed by atoms with Gasteiger partial charge in [0.25, 0.3) is 0 Å². The van der Waals surface area contributed by atoms with Crippen molar-refractivity contribution in [3.63, 3.8) is 0 Å². The minimum absolute atomic E-state index is 0.0114. The average molecular weight is 324 g/mol. The minimum atomic E-state index is -0.230. The van der Waals surface area contributed by atoms with Gasteiger partial charge >= 0.3 is 0 Å². The van der Waals surface area contributed by atoms with Crippen LogP contribution in [-0.4, -0.2) is 12.2 Å². The molecule has 0 radical (unpaired) electrons. The van der Waals surface area contributed by atoms with Crippen molar-refractivity contribution >= 4 is 21.6 Å². The second-order valence-corrected chi connectivity index (χ2v) is 5.33. The van der Waals surface area contributed by atoms with E-state index in [1.165, 1.54) is 12.1 Å². The number of aliphatic hydroxyl groups is 1. The highest BCUT2D eigenvalue weighted by Gasteiger charge is 2.08. The summed E-state index contributed by atoms with van der Waals surface area (Å²) in [5.74, 6) is -0.230. The van der Waals surface area contributed by atoms with Crippen LogP contribution >= 0.6 is 15.9 Å². The first-order valence-electron chi connectivity index (χ1n) is 5.95. The lowest BCUT2D eigenvalue weighted by atomic mass is 10.1. The van der Waals surface area contributed by atoms with Gasteiger partial charge in [0.05, 0.1) is 6.61 Å². The number of hydrogen-bond acceptors (Lipinski definition) is 2. The normalized spacial score (nSPS) is 10.5. The summed E-state index contributed by atoms with van der Waals surface area (Å²) in [7, 11) is 1.95. The molecule has 2 aromatic rings. The molecule has 100 valence electrons. The molecule has 0 fully saturated rings. The van der Waals surface area contributed by atoms with Crippen LogP contribution in [0.3, 0.4) is 0 Å². The minimum Gasteiger partial charge on any atom is -0.392 e. The van der Waals surface area contributed by atoms with Gasteiger partial charge in [-0.25, -0.2) is 4.39 Å². The third kappa shape index (κ3) is 3.55. The molecular weight excluding hydrogens is 309 g/mol. The van der Waals surface area contributed by atoms with E-state index in [0.717, 1.165) is 21.3 Å².